The van der Waals surface area contributed by atoms with Crippen LogP contribution in [0.2, 0.25) is 0 Å². The molecule has 0 spiro atoms. The van der Waals surface area contributed by atoms with Gasteiger partial charge >= 0.3 is 11.9 Å². The van der Waals surface area contributed by atoms with Gasteiger partial charge in [-0.2, -0.15) is 0 Å². The molecule has 0 aromatic heterocycles. The van der Waals surface area contributed by atoms with Gasteiger partial charge in [-0.25, -0.2) is 9.59 Å². The van der Waals surface area contributed by atoms with E-state index in [1.807, 2.05) is 0 Å². The van der Waals surface area contributed by atoms with Crippen molar-refractivity contribution in [3.63, 3.8) is 0 Å². The minimum absolute atomic E-state index is 0.0439. The highest BCUT2D eigenvalue weighted by molar-refractivity contribution is 6.02. The van der Waals surface area contributed by atoms with Crippen molar-refractivity contribution in [3.8, 4) is 0 Å². The number of allylic oxidation sites excluding steroid dienone is 1. The third-order valence-electron chi connectivity index (χ3n) is 4.25. The Morgan fingerprint density at radius 2 is 1.62 bits per heavy atom. The number of rotatable bonds is 9. The van der Waals surface area contributed by atoms with E-state index in [0.717, 1.165) is 49.5 Å². The second-order valence-corrected chi connectivity index (χ2v) is 6.59. The molecule has 1 aliphatic carbocycles. The molecule has 0 atom stereocenters. The van der Waals surface area contributed by atoms with Crippen molar-refractivity contribution in [1.29, 1.82) is 0 Å². The Labute approximate surface area is 169 Å². The molecule has 7 nitrogen and oxygen atoms in total. The van der Waals surface area contributed by atoms with E-state index in [1.54, 1.807) is 31.2 Å². The fourth-order valence-electron chi connectivity index (χ4n) is 2.85. The number of nitrogens with one attached hydrogen (secondary N) is 1. The largest absolute Gasteiger partial charge is 0.463 e. The number of hydrogen-bond donors (Lipinski definition) is 1. The van der Waals surface area contributed by atoms with Crippen LogP contribution in [0.25, 0.3) is 0 Å². The van der Waals surface area contributed by atoms with Crippen LogP contribution >= 0.6 is 0 Å². The summed E-state index contributed by atoms with van der Waals surface area (Å²) in [7, 11) is 0. The molecule has 1 amide bonds. The van der Waals surface area contributed by atoms with Gasteiger partial charge in [-0.05, 0) is 56.4 Å². The topological polar surface area (TPSA) is 98.8 Å². The number of anilines is 1. The van der Waals surface area contributed by atoms with Crippen LogP contribution in [0.5, 0.6) is 0 Å². The summed E-state index contributed by atoms with van der Waals surface area (Å²) < 4.78 is 9.95. The first kappa shape index (κ1) is 22.1. The van der Waals surface area contributed by atoms with Crippen LogP contribution in [0.3, 0.4) is 0 Å². The fraction of sp³-hybridized carbons (Fsp3) is 0.364. The molecule has 0 bridgehead atoms. The number of ketones is 1. The minimum Gasteiger partial charge on any atom is -0.463 e. The van der Waals surface area contributed by atoms with E-state index in [0.29, 0.717) is 5.69 Å². The summed E-state index contributed by atoms with van der Waals surface area (Å²) >= 11 is 0. The molecule has 1 aromatic carbocycles. The number of esters is 2. The molecule has 1 aromatic rings. The summed E-state index contributed by atoms with van der Waals surface area (Å²) in [5.41, 5.74) is 1.26. The summed E-state index contributed by atoms with van der Waals surface area (Å²) in [5, 5.41) is 2.63. The maximum atomic E-state index is 11.9. The summed E-state index contributed by atoms with van der Waals surface area (Å²) in [5.74, 6) is -1.76. The molecule has 1 saturated carbocycles. The standard InChI is InChI=1S/C22H25NO6/c1-2-28-21(26)13-11-18(24)15-16-7-9-17(10-8-16)23-20(25)12-14-22(27)29-19-5-3-4-6-19/h7-14,19H,2-6,15H2,1H3,(H,23,25)/b13-11-,14-12-. The molecule has 1 aliphatic rings. The monoisotopic (exact) mass is 399 g/mol. The number of carbonyl (C=O) groups excluding carboxylic acids is 4. The Kier molecular flexibility index (Phi) is 8.82. The van der Waals surface area contributed by atoms with E-state index < -0.39 is 17.8 Å². The number of ether oxygens (including phenoxy) is 2. The first-order valence-corrected chi connectivity index (χ1v) is 9.62. The van der Waals surface area contributed by atoms with Gasteiger partial charge in [-0.1, -0.05) is 12.1 Å². The maximum Gasteiger partial charge on any atom is 0.331 e. The van der Waals surface area contributed by atoms with Crippen LogP contribution in [-0.4, -0.2) is 36.3 Å². The molecule has 154 valence electrons. The van der Waals surface area contributed by atoms with E-state index in [4.69, 9.17) is 9.47 Å². The van der Waals surface area contributed by atoms with Crippen LogP contribution in [0.15, 0.2) is 48.6 Å². The summed E-state index contributed by atoms with van der Waals surface area (Å²) in [6, 6.07) is 6.70. The lowest BCUT2D eigenvalue weighted by Gasteiger charge is -2.08. The van der Waals surface area contributed by atoms with Gasteiger partial charge in [-0.15, -0.1) is 0 Å². The zero-order valence-electron chi connectivity index (χ0n) is 16.4. The quantitative estimate of drug-likeness (QED) is 0.506. The number of carbonyl (C=O) groups is 4. The van der Waals surface area contributed by atoms with E-state index >= 15 is 0 Å². The normalized spacial score (nSPS) is 14.2. The van der Waals surface area contributed by atoms with E-state index in [1.165, 1.54) is 6.08 Å². The molecule has 29 heavy (non-hydrogen) atoms. The molecule has 1 fully saturated rings. The summed E-state index contributed by atoms with van der Waals surface area (Å²) in [4.78, 5) is 46.6. The van der Waals surface area contributed by atoms with Gasteiger partial charge in [-0.3, -0.25) is 9.59 Å². The van der Waals surface area contributed by atoms with Crippen LogP contribution in [0, 0.1) is 0 Å². The lowest BCUT2D eigenvalue weighted by Crippen LogP contribution is -2.14. The average Bonchev–Trinajstić information content (AvgIpc) is 3.19. The third kappa shape index (κ3) is 8.55. The zero-order valence-corrected chi connectivity index (χ0v) is 16.4. The van der Waals surface area contributed by atoms with Crippen molar-refractivity contribution in [3.05, 3.63) is 54.1 Å². The van der Waals surface area contributed by atoms with Gasteiger partial charge < -0.3 is 14.8 Å². The molecule has 0 saturated heterocycles. The molecular weight excluding hydrogens is 374 g/mol. The van der Waals surface area contributed by atoms with Crippen LogP contribution in [0.1, 0.15) is 38.2 Å². The molecule has 7 heteroatoms. The predicted octanol–water partition coefficient (Wildman–Crippen LogP) is 2.90. The molecule has 1 N–H and O–H groups in total. The highest BCUT2D eigenvalue weighted by Crippen LogP contribution is 2.21. The van der Waals surface area contributed by atoms with Crippen molar-refractivity contribution < 1.29 is 28.7 Å². The molecular formula is C22H25NO6. The van der Waals surface area contributed by atoms with Crippen molar-refractivity contribution in [2.45, 2.75) is 45.1 Å². The van der Waals surface area contributed by atoms with Gasteiger partial charge in [0.25, 0.3) is 0 Å². The lowest BCUT2D eigenvalue weighted by molar-refractivity contribution is -0.142. The van der Waals surface area contributed by atoms with Crippen molar-refractivity contribution >= 4 is 29.3 Å². The van der Waals surface area contributed by atoms with Gasteiger partial charge in [0.15, 0.2) is 5.78 Å². The smallest absolute Gasteiger partial charge is 0.331 e. The predicted molar refractivity (Wildman–Crippen MR) is 107 cm³/mol. The zero-order chi connectivity index (χ0) is 21.1. The SMILES string of the molecule is CCOC(=O)/C=C\C(=O)Cc1ccc(NC(=O)/C=C\C(=O)OC2CCCC2)cc1. The summed E-state index contributed by atoms with van der Waals surface area (Å²) in [6.45, 7) is 1.94. The Hall–Kier alpha value is -3.22. The van der Waals surface area contributed by atoms with E-state index in [2.05, 4.69) is 5.32 Å². The van der Waals surface area contributed by atoms with Gasteiger partial charge in [0, 0.05) is 30.3 Å². The number of amides is 1. The van der Waals surface area contributed by atoms with Gasteiger partial charge in [0.2, 0.25) is 5.91 Å². The number of hydrogen-bond acceptors (Lipinski definition) is 6. The fourth-order valence-corrected chi connectivity index (χ4v) is 2.85. The highest BCUT2D eigenvalue weighted by atomic mass is 16.5. The molecule has 0 heterocycles. The molecule has 0 unspecified atom stereocenters. The van der Waals surface area contributed by atoms with E-state index in [9.17, 15) is 19.2 Å². The highest BCUT2D eigenvalue weighted by Gasteiger charge is 2.17. The second-order valence-electron chi connectivity index (χ2n) is 6.59. The van der Waals surface area contributed by atoms with E-state index in [-0.39, 0.29) is 24.9 Å². The van der Waals surface area contributed by atoms with Crippen LogP contribution in [0.4, 0.5) is 5.69 Å². The Morgan fingerprint density at radius 3 is 2.28 bits per heavy atom. The van der Waals surface area contributed by atoms with Crippen molar-refractivity contribution in [2.75, 3.05) is 11.9 Å². The van der Waals surface area contributed by atoms with Gasteiger partial charge in [0.1, 0.15) is 6.10 Å². The number of benzene rings is 1. The first-order valence-electron chi connectivity index (χ1n) is 9.62. The average molecular weight is 399 g/mol. The molecule has 0 radical (unpaired) electrons. The maximum absolute atomic E-state index is 11.9. The van der Waals surface area contributed by atoms with Crippen LogP contribution in [-0.2, 0) is 35.1 Å². The third-order valence-corrected chi connectivity index (χ3v) is 4.25. The van der Waals surface area contributed by atoms with Crippen molar-refractivity contribution in [2.24, 2.45) is 0 Å². The first-order chi connectivity index (χ1) is 14.0. The molecule has 0 aliphatic heterocycles. The van der Waals surface area contributed by atoms with Gasteiger partial charge in [0.05, 0.1) is 6.61 Å². The Balaban J connectivity index is 1.78. The van der Waals surface area contributed by atoms with Crippen LogP contribution < -0.4 is 5.32 Å². The summed E-state index contributed by atoms with van der Waals surface area (Å²) in [6.07, 6.45) is 8.49. The molecule has 2 rings (SSSR count). The van der Waals surface area contributed by atoms with Crippen molar-refractivity contribution in [1.82, 2.24) is 0 Å². The Bertz CT molecular complexity index is 788. The lowest BCUT2D eigenvalue weighted by atomic mass is 10.1. The minimum atomic E-state index is -0.556. The Morgan fingerprint density at radius 1 is 0.966 bits per heavy atom. The second kappa shape index (κ2) is 11.6.